The third-order valence-corrected chi connectivity index (χ3v) is 5.77. The number of ether oxygens (including phenoxy) is 1. The molecule has 158 valence electrons. The number of hydrogen-bond donors (Lipinski definition) is 0. The second kappa shape index (κ2) is 11.6. The molecule has 1 amide bonds. The summed E-state index contributed by atoms with van der Waals surface area (Å²) in [5, 5.41) is 0. The van der Waals surface area contributed by atoms with Crippen LogP contribution in [0.4, 0.5) is 4.39 Å². The lowest BCUT2D eigenvalue weighted by Crippen LogP contribution is -2.34. The Bertz CT molecular complexity index is 912. The zero-order chi connectivity index (χ0) is 21.2. The van der Waals surface area contributed by atoms with Crippen LogP contribution in [0.5, 0.6) is 0 Å². The molecule has 0 unspecified atom stereocenters. The molecule has 0 saturated heterocycles. The van der Waals surface area contributed by atoms with Gasteiger partial charge in [-0.25, -0.2) is 4.39 Å². The van der Waals surface area contributed by atoms with E-state index >= 15 is 0 Å². The average Bonchev–Trinajstić information content (AvgIpc) is 3.20. The van der Waals surface area contributed by atoms with Crippen LogP contribution in [0.25, 0.3) is 0 Å². The third kappa shape index (κ3) is 6.75. The first-order valence-corrected chi connectivity index (χ1v) is 11.0. The summed E-state index contributed by atoms with van der Waals surface area (Å²) in [6, 6.07) is 20.5. The summed E-state index contributed by atoms with van der Waals surface area (Å²) < 4.78 is 20.5. The molecule has 0 radical (unpaired) electrons. The molecule has 1 heterocycles. The number of benzene rings is 2. The van der Waals surface area contributed by atoms with Gasteiger partial charge in [0.15, 0.2) is 0 Å². The second-order valence-electron chi connectivity index (χ2n) is 7.02. The SMILES string of the molecule is COCCCN(Cc1cccn1Cc1ccc(F)cc1)C(=O)CSc1ccccc1. The number of hydrogen-bond acceptors (Lipinski definition) is 3. The molecule has 3 rings (SSSR count). The summed E-state index contributed by atoms with van der Waals surface area (Å²) in [4.78, 5) is 15.9. The molecule has 0 aliphatic heterocycles. The Morgan fingerprint density at radius 1 is 1.07 bits per heavy atom. The molecule has 0 aliphatic rings. The highest BCUT2D eigenvalue weighted by atomic mass is 32.2. The van der Waals surface area contributed by atoms with E-state index in [0.29, 0.717) is 32.0 Å². The number of nitrogens with zero attached hydrogens (tertiary/aromatic N) is 2. The standard InChI is InChI=1S/C24H27FN2O2S/c1-29-16-6-15-27(24(28)19-30-23-8-3-2-4-9-23)18-22-7-5-14-26(22)17-20-10-12-21(25)13-11-20/h2-5,7-14H,6,15-19H2,1H3. The fourth-order valence-corrected chi connectivity index (χ4v) is 4.00. The predicted molar refractivity (Wildman–Crippen MR) is 119 cm³/mol. The summed E-state index contributed by atoms with van der Waals surface area (Å²) in [5.74, 6) is 0.266. The van der Waals surface area contributed by atoms with E-state index < -0.39 is 0 Å². The Labute approximate surface area is 181 Å². The van der Waals surface area contributed by atoms with Gasteiger partial charge in [-0.05, 0) is 48.4 Å². The van der Waals surface area contributed by atoms with E-state index in [1.807, 2.05) is 53.6 Å². The Kier molecular flexibility index (Phi) is 8.53. The quantitative estimate of drug-likeness (QED) is 0.325. The van der Waals surface area contributed by atoms with E-state index in [0.717, 1.165) is 22.6 Å². The maximum atomic E-state index is 13.2. The summed E-state index contributed by atoms with van der Waals surface area (Å²) in [6.07, 6.45) is 2.78. The van der Waals surface area contributed by atoms with Crippen molar-refractivity contribution in [2.75, 3.05) is 26.0 Å². The van der Waals surface area contributed by atoms with Gasteiger partial charge in [0, 0.05) is 43.6 Å². The fourth-order valence-electron chi connectivity index (χ4n) is 3.17. The molecule has 2 aromatic carbocycles. The van der Waals surface area contributed by atoms with Gasteiger partial charge in [0.25, 0.3) is 0 Å². The molecule has 0 atom stereocenters. The van der Waals surface area contributed by atoms with Crippen LogP contribution >= 0.6 is 11.8 Å². The Hall–Kier alpha value is -2.57. The average molecular weight is 427 g/mol. The molecule has 1 aromatic heterocycles. The molecule has 30 heavy (non-hydrogen) atoms. The summed E-state index contributed by atoms with van der Waals surface area (Å²) in [5.41, 5.74) is 2.07. The van der Waals surface area contributed by atoms with Crippen LogP contribution in [-0.4, -0.2) is 41.4 Å². The van der Waals surface area contributed by atoms with Crippen LogP contribution in [0.2, 0.25) is 0 Å². The van der Waals surface area contributed by atoms with E-state index in [9.17, 15) is 9.18 Å². The molecule has 6 heteroatoms. The predicted octanol–water partition coefficient (Wildman–Crippen LogP) is 4.83. The molecular formula is C24H27FN2O2S. The van der Waals surface area contributed by atoms with E-state index in [1.165, 1.54) is 12.1 Å². The van der Waals surface area contributed by atoms with Gasteiger partial charge in [-0.15, -0.1) is 11.8 Å². The van der Waals surface area contributed by atoms with E-state index in [2.05, 4.69) is 4.57 Å². The van der Waals surface area contributed by atoms with Crippen molar-refractivity contribution in [1.29, 1.82) is 0 Å². The number of amides is 1. The first-order valence-electron chi connectivity index (χ1n) is 9.98. The van der Waals surface area contributed by atoms with Crippen molar-refractivity contribution in [1.82, 2.24) is 9.47 Å². The largest absolute Gasteiger partial charge is 0.385 e. The summed E-state index contributed by atoms with van der Waals surface area (Å²) in [6.45, 7) is 2.43. The Balaban J connectivity index is 1.66. The van der Waals surface area contributed by atoms with E-state index in [4.69, 9.17) is 4.74 Å². The first-order chi connectivity index (χ1) is 14.7. The number of halogens is 1. The van der Waals surface area contributed by atoms with Gasteiger partial charge < -0.3 is 14.2 Å². The van der Waals surface area contributed by atoms with Crippen LogP contribution in [-0.2, 0) is 22.6 Å². The molecule has 0 aliphatic carbocycles. The van der Waals surface area contributed by atoms with Crippen LogP contribution < -0.4 is 0 Å². The van der Waals surface area contributed by atoms with Crippen molar-refractivity contribution in [3.63, 3.8) is 0 Å². The zero-order valence-corrected chi connectivity index (χ0v) is 18.0. The number of aromatic nitrogens is 1. The smallest absolute Gasteiger partial charge is 0.233 e. The third-order valence-electron chi connectivity index (χ3n) is 4.78. The van der Waals surface area contributed by atoms with Crippen molar-refractivity contribution in [2.45, 2.75) is 24.4 Å². The van der Waals surface area contributed by atoms with Crippen LogP contribution in [0.1, 0.15) is 17.7 Å². The minimum absolute atomic E-state index is 0.106. The topological polar surface area (TPSA) is 34.5 Å². The maximum absolute atomic E-state index is 13.2. The number of carbonyl (C=O) groups is 1. The molecule has 0 fully saturated rings. The number of carbonyl (C=O) groups excluding carboxylic acids is 1. The van der Waals surface area contributed by atoms with Crippen molar-refractivity contribution in [3.8, 4) is 0 Å². The maximum Gasteiger partial charge on any atom is 0.233 e. The minimum atomic E-state index is -0.239. The first kappa shape index (κ1) is 22.1. The highest BCUT2D eigenvalue weighted by Gasteiger charge is 2.16. The summed E-state index contributed by atoms with van der Waals surface area (Å²) in [7, 11) is 1.67. The van der Waals surface area contributed by atoms with Crippen molar-refractivity contribution < 1.29 is 13.9 Å². The van der Waals surface area contributed by atoms with Gasteiger partial charge in [0.05, 0.1) is 12.3 Å². The molecule has 0 bridgehead atoms. The monoisotopic (exact) mass is 426 g/mol. The summed E-state index contributed by atoms with van der Waals surface area (Å²) >= 11 is 1.55. The Morgan fingerprint density at radius 2 is 1.83 bits per heavy atom. The highest BCUT2D eigenvalue weighted by molar-refractivity contribution is 8.00. The van der Waals surface area contributed by atoms with Crippen LogP contribution in [0.3, 0.4) is 0 Å². The lowest BCUT2D eigenvalue weighted by Gasteiger charge is -2.23. The minimum Gasteiger partial charge on any atom is -0.385 e. The fraction of sp³-hybridized carbons (Fsp3) is 0.292. The van der Waals surface area contributed by atoms with Gasteiger partial charge in [-0.2, -0.15) is 0 Å². The molecule has 0 saturated carbocycles. The van der Waals surface area contributed by atoms with Gasteiger partial charge >= 0.3 is 0 Å². The molecular weight excluding hydrogens is 399 g/mol. The van der Waals surface area contributed by atoms with Crippen LogP contribution in [0, 0.1) is 5.82 Å². The van der Waals surface area contributed by atoms with Crippen LogP contribution in [0.15, 0.2) is 77.8 Å². The molecule has 4 nitrogen and oxygen atoms in total. The number of rotatable bonds is 11. The highest BCUT2D eigenvalue weighted by Crippen LogP contribution is 2.19. The van der Waals surface area contributed by atoms with Gasteiger partial charge in [0.2, 0.25) is 5.91 Å². The van der Waals surface area contributed by atoms with Crippen molar-refractivity contribution in [3.05, 3.63) is 90.0 Å². The van der Waals surface area contributed by atoms with Gasteiger partial charge in [-0.1, -0.05) is 30.3 Å². The Morgan fingerprint density at radius 3 is 2.57 bits per heavy atom. The number of thioether (sulfide) groups is 1. The second-order valence-corrected chi connectivity index (χ2v) is 8.07. The molecule has 3 aromatic rings. The normalized spacial score (nSPS) is 10.9. The van der Waals surface area contributed by atoms with E-state index in [1.54, 1.807) is 31.0 Å². The lowest BCUT2D eigenvalue weighted by molar-refractivity contribution is -0.129. The lowest BCUT2D eigenvalue weighted by atomic mass is 10.2. The van der Waals surface area contributed by atoms with Gasteiger partial charge in [-0.3, -0.25) is 4.79 Å². The molecule has 0 spiro atoms. The zero-order valence-electron chi connectivity index (χ0n) is 17.2. The van der Waals surface area contributed by atoms with Crippen molar-refractivity contribution in [2.24, 2.45) is 0 Å². The molecule has 0 N–H and O–H groups in total. The number of methoxy groups -OCH3 is 1. The van der Waals surface area contributed by atoms with Crippen molar-refractivity contribution >= 4 is 17.7 Å². The van der Waals surface area contributed by atoms with Gasteiger partial charge in [0.1, 0.15) is 5.82 Å². The van der Waals surface area contributed by atoms with E-state index in [-0.39, 0.29) is 11.7 Å².